The standard InChI is InChI=1S/C12H17N3O/c1-3-8-15-10(6-7-14-15)12(13-2)11-5-4-9-16-11/h4-7,9,12-13H,3,8H2,1-2H3. The molecule has 0 saturated heterocycles. The van der Waals surface area contributed by atoms with Gasteiger partial charge in [0.15, 0.2) is 0 Å². The van der Waals surface area contributed by atoms with E-state index in [1.807, 2.05) is 36.1 Å². The van der Waals surface area contributed by atoms with Crippen LogP contribution in [-0.2, 0) is 6.54 Å². The fraction of sp³-hybridized carbons (Fsp3) is 0.417. The van der Waals surface area contributed by atoms with Crippen molar-refractivity contribution in [2.45, 2.75) is 25.9 Å². The second-order valence-electron chi connectivity index (χ2n) is 3.72. The van der Waals surface area contributed by atoms with Crippen LogP contribution in [0.2, 0.25) is 0 Å². The number of aromatic nitrogens is 2. The van der Waals surface area contributed by atoms with Gasteiger partial charge in [-0.2, -0.15) is 5.10 Å². The van der Waals surface area contributed by atoms with Gasteiger partial charge < -0.3 is 9.73 Å². The van der Waals surface area contributed by atoms with E-state index in [1.165, 1.54) is 0 Å². The summed E-state index contributed by atoms with van der Waals surface area (Å²) in [4.78, 5) is 0. The topological polar surface area (TPSA) is 43.0 Å². The summed E-state index contributed by atoms with van der Waals surface area (Å²) in [6, 6.07) is 5.98. The van der Waals surface area contributed by atoms with Gasteiger partial charge in [0, 0.05) is 12.7 Å². The van der Waals surface area contributed by atoms with Crippen molar-refractivity contribution in [1.82, 2.24) is 15.1 Å². The Bertz CT molecular complexity index is 419. The highest BCUT2D eigenvalue weighted by molar-refractivity contribution is 5.19. The zero-order valence-corrected chi connectivity index (χ0v) is 9.68. The molecular formula is C12H17N3O. The van der Waals surface area contributed by atoms with Crippen LogP contribution < -0.4 is 5.32 Å². The van der Waals surface area contributed by atoms with Crippen LogP contribution in [0.25, 0.3) is 0 Å². The SMILES string of the molecule is CCCn1nccc1C(NC)c1ccco1. The van der Waals surface area contributed by atoms with Crippen LogP contribution in [0.5, 0.6) is 0 Å². The molecule has 0 aromatic carbocycles. The first-order chi connectivity index (χ1) is 7.86. The van der Waals surface area contributed by atoms with Crippen LogP contribution in [0.4, 0.5) is 0 Å². The number of hydrogen-bond donors (Lipinski definition) is 1. The number of hydrogen-bond acceptors (Lipinski definition) is 3. The van der Waals surface area contributed by atoms with E-state index in [1.54, 1.807) is 6.26 Å². The average molecular weight is 219 g/mol. The Kier molecular flexibility index (Phi) is 3.41. The minimum atomic E-state index is 0.0732. The highest BCUT2D eigenvalue weighted by atomic mass is 16.3. The number of aryl methyl sites for hydroxylation is 1. The van der Waals surface area contributed by atoms with E-state index in [-0.39, 0.29) is 6.04 Å². The molecule has 1 atom stereocenters. The monoisotopic (exact) mass is 219 g/mol. The summed E-state index contributed by atoms with van der Waals surface area (Å²) in [5.41, 5.74) is 1.14. The minimum Gasteiger partial charge on any atom is -0.467 e. The molecule has 0 spiro atoms. The van der Waals surface area contributed by atoms with E-state index in [2.05, 4.69) is 17.3 Å². The number of nitrogens with zero attached hydrogens (tertiary/aromatic N) is 2. The highest BCUT2D eigenvalue weighted by Crippen LogP contribution is 2.21. The van der Waals surface area contributed by atoms with Crippen molar-refractivity contribution in [2.75, 3.05) is 7.05 Å². The molecule has 0 bridgehead atoms. The summed E-state index contributed by atoms with van der Waals surface area (Å²) in [6.07, 6.45) is 4.60. The van der Waals surface area contributed by atoms with Crippen molar-refractivity contribution in [3.63, 3.8) is 0 Å². The predicted molar refractivity (Wildman–Crippen MR) is 62.1 cm³/mol. The lowest BCUT2D eigenvalue weighted by Gasteiger charge is -2.15. The Hall–Kier alpha value is -1.55. The van der Waals surface area contributed by atoms with Crippen molar-refractivity contribution >= 4 is 0 Å². The van der Waals surface area contributed by atoms with E-state index < -0.39 is 0 Å². The molecule has 4 nitrogen and oxygen atoms in total. The molecule has 2 rings (SSSR count). The van der Waals surface area contributed by atoms with Gasteiger partial charge in [-0.15, -0.1) is 0 Å². The maximum atomic E-state index is 5.44. The largest absolute Gasteiger partial charge is 0.467 e. The molecule has 0 saturated carbocycles. The molecule has 1 N–H and O–H groups in total. The molecule has 0 aliphatic carbocycles. The summed E-state index contributed by atoms with van der Waals surface area (Å²) < 4.78 is 7.46. The van der Waals surface area contributed by atoms with Gasteiger partial charge in [0.05, 0.1) is 12.0 Å². The predicted octanol–water partition coefficient (Wildman–Crippen LogP) is 2.19. The van der Waals surface area contributed by atoms with Crippen LogP contribution >= 0.6 is 0 Å². The number of rotatable bonds is 5. The van der Waals surface area contributed by atoms with E-state index in [4.69, 9.17) is 4.42 Å². The van der Waals surface area contributed by atoms with Crippen LogP contribution in [0.15, 0.2) is 35.1 Å². The van der Waals surface area contributed by atoms with Gasteiger partial charge in [0.2, 0.25) is 0 Å². The minimum absolute atomic E-state index is 0.0732. The first-order valence-corrected chi connectivity index (χ1v) is 5.59. The Morgan fingerprint density at radius 1 is 1.50 bits per heavy atom. The maximum absolute atomic E-state index is 5.44. The Labute approximate surface area is 95.3 Å². The molecular weight excluding hydrogens is 202 g/mol. The smallest absolute Gasteiger partial charge is 0.126 e. The summed E-state index contributed by atoms with van der Waals surface area (Å²) in [5.74, 6) is 0.917. The van der Waals surface area contributed by atoms with Gasteiger partial charge >= 0.3 is 0 Å². The van der Waals surface area contributed by atoms with Crippen LogP contribution in [0, 0.1) is 0 Å². The molecule has 0 aliphatic heterocycles. The maximum Gasteiger partial charge on any atom is 0.126 e. The van der Waals surface area contributed by atoms with Crippen molar-refractivity contribution in [3.8, 4) is 0 Å². The number of furan rings is 1. The zero-order valence-electron chi connectivity index (χ0n) is 9.68. The highest BCUT2D eigenvalue weighted by Gasteiger charge is 2.18. The van der Waals surface area contributed by atoms with Gasteiger partial charge in [0.25, 0.3) is 0 Å². The van der Waals surface area contributed by atoms with Crippen molar-refractivity contribution < 1.29 is 4.42 Å². The zero-order chi connectivity index (χ0) is 11.4. The normalized spacial score (nSPS) is 12.9. The van der Waals surface area contributed by atoms with E-state index in [0.717, 1.165) is 24.4 Å². The first-order valence-electron chi connectivity index (χ1n) is 5.59. The second-order valence-corrected chi connectivity index (χ2v) is 3.72. The Morgan fingerprint density at radius 2 is 2.38 bits per heavy atom. The summed E-state index contributed by atoms with van der Waals surface area (Å²) in [7, 11) is 1.93. The quantitative estimate of drug-likeness (QED) is 0.838. The second kappa shape index (κ2) is 4.99. The molecule has 2 heterocycles. The van der Waals surface area contributed by atoms with Gasteiger partial charge in [-0.1, -0.05) is 6.92 Å². The lowest BCUT2D eigenvalue weighted by Crippen LogP contribution is -2.21. The van der Waals surface area contributed by atoms with E-state index in [0.29, 0.717) is 0 Å². The van der Waals surface area contributed by atoms with Crippen LogP contribution in [-0.4, -0.2) is 16.8 Å². The summed E-state index contributed by atoms with van der Waals surface area (Å²) in [5, 5.41) is 7.57. The average Bonchev–Trinajstić information content (AvgIpc) is 2.92. The summed E-state index contributed by atoms with van der Waals surface area (Å²) in [6.45, 7) is 3.08. The third kappa shape index (κ3) is 2.02. The molecule has 4 heteroatoms. The first kappa shape index (κ1) is 11.0. The molecule has 1 unspecified atom stereocenters. The van der Waals surface area contributed by atoms with Gasteiger partial charge in [-0.05, 0) is 31.7 Å². The van der Waals surface area contributed by atoms with Crippen molar-refractivity contribution in [2.24, 2.45) is 0 Å². The lowest BCUT2D eigenvalue weighted by atomic mass is 10.1. The molecule has 2 aromatic rings. The third-order valence-electron chi connectivity index (χ3n) is 2.60. The van der Waals surface area contributed by atoms with Crippen molar-refractivity contribution in [3.05, 3.63) is 42.1 Å². The van der Waals surface area contributed by atoms with Crippen LogP contribution in [0.3, 0.4) is 0 Å². The fourth-order valence-electron chi connectivity index (χ4n) is 1.88. The van der Waals surface area contributed by atoms with Gasteiger partial charge in [0.1, 0.15) is 11.8 Å². The van der Waals surface area contributed by atoms with E-state index >= 15 is 0 Å². The molecule has 86 valence electrons. The molecule has 0 aliphatic rings. The molecule has 0 fully saturated rings. The molecule has 2 aromatic heterocycles. The Balaban J connectivity index is 2.30. The van der Waals surface area contributed by atoms with Crippen LogP contribution in [0.1, 0.15) is 30.8 Å². The van der Waals surface area contributed by atoms with Crippen molar-refractivity contribution in [1.29, 1.82) is 0 Å². The lowest BCUT2D eigenvalue weighted by molar-refractivity contribution is 0.439. The fourth-order valence-corrected chi connectivity index (χ4v) is 1.88. The van der Waals surface area contributed by atoms with E-state index in [9.17, 15) is 0 Å². The molecule has 16 heavy (non-hydrogen) atoms. The Morgan fingerprint density at radius 3 is 3.00 bits per heavy atom. The number of nitrogens with one attached hydrogen (secondary N) is 1. The summed E-state index contributed by atoms with van der Waals surface area (Å²) >= 11 is 0. The van der Waals surface area contributed by atoms with Gasteiger partial charge in [-0.3, -0.25) is 4.68 Å². The van der Waals surface area contributed by atoms with Gasteiger partial charge in [-0.25, -0.2) is 0 Å². The molecule has 0 amide bonds. The third-order valence-corrected chi connectivity index (χ3v) is 2.60. The molecule has 0 radical (unpaired) electrons.